The van der Waals surface area contributed by atoms with Crippen molar-refractivity contribution in [2.45, 2.75) is 19.8 Å². The number of carbonyl (C=O) groups is 1. The number of hydrogen-bond acceptors (Lipinski definition) is 1. The van der Waals surface area contributed by atoms with E-state index in [9.17, 15) is 4.79 Å². The van der Waals surface area contributed by atoms with Gasteiger partial charge in [-0.25, -0.2) is 0 Å². The number of hydrogen-bond donors (Lipinski definition) is 0. The minimum absolute atomic E-state index is 0.509. The Hall–Kier alpha value is -1.63. The monoisotopic (exact) mass is 198 g/mol. The van der Waals surface area contributed by atoms with Gasteiger partial charge in [0.05, 0.1) is 0 Å². The zero-order valence-electron chi connectivity index (χ0n) is 9.03. The topological polar surface area (TPSA) is 17.1 Å². The van der Waals surface area contributed by atoms with E-state index >= 15 is 0 Å². The Bertz CT molecular complexity index is 457. The third-order valence-electron chi connectivity index (χ3n) is 2.73. The molecule has 2 aliphatic carbocycles. The van der Waals surface area contributed by atoms with E-state index in [1.165, 1.54) is 5.56 Å². The molecule has 0 aliphatic heterocycles. The van der Waals surface area contributed by atoms with Crippen LogP contribution in [-0.4, -0.2) is 6.29 Å². The van der Waals surface area contributed by atoms with Crippen molar-refractivity contribution in [2.24, 2.45) is 0 Å². The number of rotatable bonds is 2. The molecule has 0 spiro atoms. The Kier molecular flexibility index (Phi) is 2.55. The lowest BCUT2D eigenvalue weighted by Crippen LogP contribution is -1.83. The lowest BCUT2D eigenvalue weighted by Gasteiger charge is -2.01. The first-order valence-corrected chi connectivity index (χ1v) is 5.20. The highest BCUT2D eigenvalue weighted by molar-refractivity contribution is 5.89. The van der Waals surface area contributed by atoms with Gasteiger partial charge >= 0.3 is 0 Å². The van der Waals surface area contributed by atoms with Crippen LogP contribution in [-0.2, 0) is 0 Å². The SMILES string of the molecule is CC(C)c1cccc2c(C=O)ccc-2c1. The summed E-state index contributed by atoms with van der Waals surface area (Å²) in [5.41, 5.74) is 4.26. The predicted molar refractivity (Wildman–Crippen MR) is 62.5 cm³/mol. The van der Waals surface area contributed by atoms with Gasteiger partial charge in [-0.3, -0.25) is 4.79 Å². The molecule has 0 bridgehead atoms. The zero-order valence-corrected chi connectivity index (χ0v) is 9.03. The van der Waals surface area contributed by atoms with Gasteiger partial charge in [0, 0.05) is 5.56 Å². The van der Waals surface area contributed by atoms with Crippen molar-refractivity contribution in [1.29, 1.82) is 0 Å². The Balaban J connectivity index is 2.60. The predicted octanol–water partition coefficient (Wildman–Crippen LogP) is 3.73. The third kappa shape index (κ3) is 1.78. The average molecular weight is 198 g/mol. The van der Waals surface area contributed by atoms with Crippen LogP contribution in [0.2, 0.25) is 0 Å². The van der Waals surface area contributed by atoms with Gasteiger partial charge < -0.3 is 0 Å². The van der Waals surface area contributed by atoms with Crippen LogP contribution >= 0.6 is 0 Å². The van der Waals surface area contributed by atoms with Crippen LogP contribution in [0.15, 0.2) is 36.4 Å². The molecular weight excluding hydrogens is 184 g/mol. The summed E-state index contributed by atoms with van der Waals surface area (Å²) in [5, 5.41) is 0. The highest BCUT2D eigenvalue weighted by atomic mass is 16.1. The fourth-order valence-corrected chi connectivity index (χ4v) is 1.79. The van der Waals surface area contributed by atoms with Crippen LogP contribution < -0.4 is 0 Å². The van der Waals surface area contributed by atoms with E-state index in [1.807, 2.05) is 24.3 Å². The molecule has 0 radical (unpaired) electrons. The molecule has 0 heterocycles. The summed E-state index contributed by atoms with van der Waals surface area (Å²) < 4.78 is 0. The molecule has 0 aromatic rings. The summed E-state index contributed by atoms with van der Waals surface area (Å²) in [6.45, 7) is 4.34. The van der Waals surface area contributed by atoms with E-state index in [4.69, 9.17) is 0 Å². The third-order valence-corrected chi connectivity index (χ3v) is 2.73. The number of aldehydes is 1. The molecular formula is C14H14O. The molecule has 15 heavy (non-hydrogen) atoms. The molecule has 1 nitrogen and oxygen atoms in total. The van der Waals surface area contributed by atoms with E-state index in [-0.39, 0.29) is 0 Å². The van der Waals surface area contributed by atoms with Crippen LogP contribution in [0.1, 0.15) is 35.7 Å². The summed E-state index contributed by atoms with van der Waals surface area (Å²) in [6.07, 6.45) is 0.914. The number of carbonyl (C=O) groups excluding carboxylic acids is 1. The highest BCUT2D eigenvalue weighted by Crippen LogP contribution is 2.28. The summed E-state index contributed by atoms with van der Waals surface area (Å²) in [5.74, 6) is 0.509. The normalized spacial score (nSPS) is 10.9. The largest absolute Gasteiger partial charge is 0.298 e. The van der Waals surface area contributed by atoms with Gasteiger partial charge in [-0.15, -0.1) is 0 Å². The molecule has 0 aromatic carbocycles. The lowest BCUT2D eigenvalue weighted by molar-refractivity contribution is 0.112. The van der Waals surface area contributed by atoms with Gasteiger partial charge in [0.15, 0.2) is 6.29 Å². The summed E-state index contributed by atoms with van der Waals surface area (Å²) in [7, 11) is 0. The standard InChI is InChI=1S/C14H14O/c1-10(2)11-4-3-5-14-12(8-11)6-7-13(14)9-15/h3-10H,1-2H3. The molecule has 0 aromatic heterocycles. The first-order chi connectivity index (χ1) is 7.22. The van der Waals surface area contributed by atoms with Gasteiger partial charge in [0.25, 0.3) is 0 Å². The van der Waals surface area contributed by atoms with E-state index in [0.717, 1.165) is 23.0 Å². The van der Waals surface area contributed by atoms with E-state index in [0.29, 0.717) is 5.92 Å². The second kappa shape index (κ2) is 3.85. The summed E-state index contributed by atoms with van der Waals surface area (Å²) in [6, 6.07) is 12.2. The first-order valence-electron chi connectivity index (χ1n) is 5.20. The highest BCUT2D eigenvalue weighted by Gasteiger charge is 2.08. The maximum atomic E-state index is 10.8. The smallest absolute Gasteiger partial charge is 0.150 e. The van der Waals surface area contributed by atoms with Crippen LogP contribution in [0.4, 0.5) is 0 Å². The van der Waals surface area contributed by atoms with Crippen molar-refractivity contribution < 1.29 is 4.79 Å². The minimum Gasteiger partial charge on any atom is -0.298 e. The number of fused-ring (bicyclic) bond motifs is 1. The fourth-order valence-electron chi connectivity index (χ4n) is 1.79. The maximum absolute atomic E-state index is 10.8. The summed E-state index contributed by atoms with van der Waals surface area (Å²) in [4.78, 5) is 10.8. The van der Waals surface area contributed by atoms with Gasteiger partial charge in [-0.2, -0.15) is 0 Å². The summed E-state index contributed by atoms with van der Waals surface area (Å²) >= 11 is 0. The molecule has 1 heteroatoms. The molecule has 0 saturated heterocycles. The molecule has 0 atom stereocenters. The molecule has 76 valence electrons. The molecule has 0 unspecified atom stereocenters. The van der Waals surface area contributed by atoms with Crippen LogP contribution in [0.25, 0.3) is 11.1 Å². The lowest BCUT2D eigenvalue weighted by atomic mass is 10.0. The van der Waals surface area contributed by atoms with Gasteiger partial charge in [0.1, 0.15) is 0 Å². The minimum atomic E-state index is 0.509. The molecule has 0 amide bonds. The Labute approximate surface area is 90.1 Å². The Morgan fingerprint density at radius 3 is 2.60 bits per heavy atom. The van der Waals surface area contributed by atoms with Crippen molar-refractivity contribution in [2.75, 3.05) is 0 Å². The van der Waals surface area contributed by atoms with E-state index in [2.05, 4.69) is 26.0 Å². The van der Waals surface area contributed by atoms with Gasteiger partial charge in [0.2, 0.25) is 0 Å². The van der Waals surface area contributed by atoms with E-state index < -0.39 is 0 Å². The quantitative estimate of drug-likeness (QED) is 0.672. The molecule has 0 fully saturated rings. The Morgan fingerprint density at radius 2 is 1.93 bits per heavy atom. The molecule has 0 saturated carbocycles. The zero-order chi connectivity index (χ0) is 10.8. The van der Waals surface area contributed by atoms with Crippen molar-refractivity contribution in [3.05, 3.63) is 47.5 Å². The van der Waals surface area contributed by atoms with Crippen molar-refractivity contribution >= 4 is 6.29 Å². The molecule has 0 N–H and O–H groups in total. The average Bonchev–Trinajstić information content (AvgIpc) is 2.46. The maximum Gasteiger partial charge on any atom is 0.150 e. The fraction of sp³-hybridized carbons (Fsp3) is 0.214. The van der Waals surface area contributed by atoms with Crippen LogP contribution in [0, 0.1) is 0 Å². The Morgan fingerprint density at radius 1 is 1.13 bits per heavy atom. The second-order valence-corrected chi connectivity index (χ2v) is 4.10. The van der Waals surface area contributed by atoms with Crippen LogP contribution in [0.3, 0.4) is 0 Å². The molecule has 2 aliphatic rings. The van der Waals surface area contributed by atoms with Crippen molar-refractivity contribution in [3.63, 3.8) is 0 Å². The van der Waals surface area contributed by atoms with E-state index in [1.54, 1.807) is 0 Å². The first kappa shape index (κ1) is 9.91. The van der Waals surface area contributed by atoms with Gasteiger partial charge in [-0.05, 0) is 22.6 Å². The van der Waals surface area contributed by atoms with Crippen molar-refractivity contribution in [1.82, 2.24) is 0 Å². The van der Waals surface area contributed by atoms with Crippen LogP contribution in [0.5, 0.6) is 0 Å². The molecule has 2 rings (SSSR count). The van der Waals surface area contributed by atoms with Crippen molar-refractivity contribution in [3.8, 4) is 11.1 Å². The van der Waals surface area contributed by atoms with Gasteiger partial charge in [-0.1, -0.05) is 50.2 Å². The second-order valence-electron chi connectivity index (χ2n) is 4.10.